The molecule has 5 nitrogen and oxygen atoms in total. The second kappa shape index (κ2) is 8.33. The van der Waals surface area contributed by atoms with Crippen molar-refractivity contribution in [3.63, 3.8) is 0 Å². The minimum atomic E-state index is -0.305. The van der Waals surface area contributed by atoms with E-state index in [0.717, 1.165) is 29.0 Å². The van der Waals surface area contributed by atoms with E-state index in [4.69, 9.17) is 21.7 Å². The number of nitrogens with zero attached hydrogens (tertiary/aromatic N) is 3. The van der Waals surface area contributed by atoms with Crippen LogP contribution in [0.15, 0.2) is 58.9 Å². The summed E-state index contributed by atoms with van der Waals surface area (Å²) in [5.41, 5.74) is 6.45. The molecule has 0 radical (unpaired) electrons. The van der Waals surface area contributed by atoms with Gasteiger partial charge >= 0.3 is 0 Å². The van der Waals surface area contributed by atoms with Gasteiger partial charge in [-0.3, -0.25) is 4.79 Å². The zero-order valence-corrected chi connectivity index (χ0v) is 20.8. The molecule has 0 bridgehead atoms. The Balaban J connectivity index is 1.51. The first-order valence-corrected chi connectivity index (χ1v) is 12.5. The van der Waals surface area contributed by atoms with E-state index in [1.807, 2.05) is 28.9 Å². The normalized spacial score (nSPS) is 19.2. The van der Waals surface area contributed by atoms with Crippen LogP contribution in [-0.4, -0.2) is 20.5 Å². The molecule has 0 saturated heterocycles. The molecule has 1 aliphatic carbocycles. The third-order valence-electron chi connectivity index (χ3n) is 6.35. The summed E-state index contributed by atoms with van der Waals surface area (Å²) in [6.07, 6.45) is 1.33. The van der Waals surface area contributed by atoms with Crippen LogP contribution in [0.25, 0.3) is 0 Å². The first-order valence-electron chi connectivity index (χ1n) is 11.1. The number of Topliss-reactive ketones (excluding diaryl/α,β-unsaturated/α-hetero) is 1. The molecule has 2 aromatic carbocycles. The summed E-state index contributed by atoms with van der Waals surface area (Å²) in [4.78, 5) is 18.1. The Morgan fingerprint density at radius 3 is 2.64 bits per heavy atom. The quantitative estimate of drug-likeness (QED) is 0.434. The van der Waals surface area contributed by atoms with Gasteiger partial charge in [0.1, 0.15) is 6.04 Å². The zero-order chi connectivity index (χ0) is 23.3. The Hall–Kier alpha value is -2.57. The summed E-state index contributed by atoms with van der Waals surface area (Å²) in [6.45, 7) is 8.52. The van der Waals surface area contributed by atoms with Crippen LogP contribution < -0.4 is 5.32 Å². The second-order valence-electron chi connectivity index (χ2n) is 9.79. The van der Waals surface area contributed by atoms with Crippen molar-refractivity contribution in [1.29, 1.82) is 0 Å². The van der Waals surface area contributed by atoms with Crippen LogP contribution in [0.4, 0.5) is 5.95 Å². The third-order valence-corrected chi connectivity index (χ3v) is 7.49. The Morgan fingerprint density at radius 2 is 1.91 bits per heavy atom. The maximum absolute atomic E-state index is 13.3. The number of aryl methyl sites for hydroxylation is 2. The first kappa shape index (κ1) is 22.2. The fourth-order valence-electron chi connectivity index (χ4n) is 4.75. The van der Waals surface area contributed by atoms with Gasteiger partial charge in [0, 0.05) is 28.5 Å². The summed E-state index contributed by atoms with van der Waals surface area (Å²) in [7, 11) is 0. The standard InChI is InChI=1S/C26H27ClN4OS/c1-15-5-6-18(16(2)11-15)14-33-25-29-24-28-20-12-26(3,4)13-21(32)22(20)23(31(24)30-25)17-7-9-19(27)10-8-17/h5-11,23H,12-14H2,1-4H3,(H,28,29,30). The fraction of sp³-hybridized carbons (Fsp3) is 0.346. The van der Waals surface area contributed by atoms with Gasteiger partial charge in [0.15, 0.2) is 5.78 Å². The predicted octanol–water partition coefficient (Wildman–Crippen LogP) is 6.50. The molecule has 170 valence electrons. The van der Waals surface area contributed by atoms with Crippen LogP contribution in [0.5, 0.6) is 0 Å². The van der Waals surface area contributed by atoms with Crippen molar-refractivity contribution < 1.29 is 4.79 Å². The van der Waals surface area contributed by atoms with E-state index in [1.165, 1.54) is 16.7 Å². The van der Waals surface area contributed by atoms with E-state index in [9.17, 15) is 4.79 Å². The molecule has 2 heterocycles. The average molecular weight is 479 g/mol. The van der Waals surface area contributed by atoms with Crippen LogP contribution in [0.3, 0.4) is 0 Å². The van der Waals surface area contributed by atoms with E-state index in [-0.39, 0.29) is 17.2 Å². The van der Waals surface area contributed by atoms with E-state index >= 15 is 0 Å². The Kier molecular flexibility index (Phi) is 5.61. The number of carbonyl (C=O) groups is 1. The highest BCUT2D eigenvalue weighted by atomic mass is 35.5. The van der Waals surface area contributed by atoms with Gasteiger partial charge in [-0.05, 0) is 54.5 Å². The van der Waals surface area contributed by atoms with E-state index in [2.05, 4.69) is 51.2 Å². The topological polar surface area (TPSA) is 59.8 Å². The monoisotopic (exact) mass is 478 g/mol. The number of thioether (sulfide) groups is 1. The van der Waals surface area contributed by atoms with Crippen molar-refractivity contribution >= 4 is 35.1 Å². The molecule has 33 heavy (non-hydrogen) atoms. The zero-order valence-electron chi connectivity index (χ0n) is 19.3. The smallest absolute Gasteiger partial charge is 0.227 e. The minimum absolute atomic E-state index is 0.0871. The first-order chi connectivity index (χ1) is 15.7. The van der Waals surface area contributed by atoms with Crippen LogP contribution in [0, 0.1) is 19.3 Å². The number of carbonyl (C=O) groups excluding carboxylic acids is 1. The van der Waals surface area contributed by atoms with Crippen LogP contribution >= 0.6 is 23.4 Å². The van der Waals surface area contributed by atoms with Gasteiger partial charge in [-0.15, -0.1) is 5.10 Å². The van der Waals surface area contributed by atoms with Gasteiger partial charge in [0.25, 0.3) is 0 Å². The molecule has 1 N–H and O–H groups in total. The van der Waals surface area contributed by atoms with Gasteiger partial charge < -0.3 is 5.32 Å². The molecule has 5 rings (SSSR count). The number of hydrogen-bond donors (Lipinski definition) is 1. The predicted molar refractivity (Wildman–Crippen MR) is 134 cm³/mol. The molecule has 0 spiro atoms. The highest BCUT2D eigenvalue weighted by molar-refractivity contribution is 7.98. The molecule has 1 atom stereocenters. The third kappa shape index (κ3) is 4.34. The Bertz CT molecular complexity index is 1280. The number of aromatic nitrogens is 3. The van der Waals surface area contributed by atoms with Crippen molar-refractivity contribution in [2.45, 2.75) is 57.5 Å². The largest absolute Gasteiger partial charge is 0.328 e. The van der Waals surface area contributed by atoms with Crippen LogP contribution in [0.2, 0.25) is 5.02 Å². The number of nitrogens with one attached hydrogen (secondary N) is 1. The highest BCUT2D eigenvalue weighted by Crippen LogP contribution is 2.45. The van der Waals surface area contributed by atoms with Gasteiger partial charge in [0.2, 0.25) is 11.1 Å². The molecular weight excluding hydrogens is 452 g/mol. The highest BCUT2D eigenvalue weighted by Gasteiger charge is 2.41. The van der Waals surface area contributed by atoms with Crippen molar-refractivity contribution in [3.8, 4) is 0 Å². The van der Waals surface area contributed by atoms with Gasteiger partial charge in [-0.1, -0.05) is 73.1 Å². The molecule has 0 fully saturated rings. The van der Waals surface area contributed by atoms with Crippen LogP contribution in [-0.2, 0) is 10.5 Å². The number of halogens is 1. The van der Waals surface area contributed by atoms with Crippen molar-refractivity contribution in [2.24, 2.45) is 5.41 Å². The lowest BCUT2D eigenvalue weighted by Crippen LogP contribution is -2.36. The second-order valence-corrected chi connectivity index (χ2v) is 11.2. The lowest BCUT2D eigenvalue weighted by atomic mass is 9.73. The summed E-state index contributed by atoms with van der Waals surface area (Å²) >= 11 is 7.76. The van der Waals surface area contributed by atoms with Crippen molar-refractivity contribution in [2.75, 3.05) is 5.32 Å². The van der Waals surface area contributed by atoms with E-state index in [0.29, 0.717) is 22.5 Å². The Labute approximate surface area is 203 Å². The molecule has 1 unspecified atom stereocenters. The number of fused-ring (bicyclic) bond motifs is 1. The van der Waals surface area contributed by atoms with Crippen LogP contribution in [0.1, 0.15) is 55.0 Å². The molecule has 1 aliphatic heterocycles. The summed E-state index contributed by atoms with van der Waals surface area (Å²) in [5, 5.41) is 9.65. The number of benzene rings is 2. The minimum Gasteiger partial charge on any atom is -0.328 e. The Morgan fingerprint density at radius 1 is 1.15 bits per heavy atom. The van der Waals surface area contributed by atoms with Gasteiger partial charge in [-0.2, -0.15) is 4.98 Å². The van der Waals surface area contributed by atoms with Crippen molar-refractivity contribution in [3.05, 3.63) is 81.0 Å². The molecule has 2 aliphatic rings. The molecular formula is C26H27ClN4OS. The molecule has 1 aromatic heterocycles. The average Bonchev–Trinajstić information content (AvgIpc) is 3.14. The van der Waals surface area contributed by atoms with Crippen molar-refractivity contribution in [1.82, 2.24) is 14.8 Å². The summed E-state index contributed by atoms with van der Waals surface area (Å²) < 4.78 is 1.86. The molecule has 7 heteroatoms. The number of ketones is 1. The number of allylic oxidation sites excluding steroid dienone is 2. The molecule has 3 aromatic rings. The maximum Gasteiger partial charge on any atom is 0.227 e. The number of rotatable bonds is 4. The lowest BCUT2D eigenvalue weighted by molar-refractivity contribution is -0.118. The van der Waals surface area contributed by atoms with Gasteiger partial charge in [0.05, 0.1) is 0 Å². The maximum atomic E-state index is 13.3. The number of anilines is 1. The molecule has 0 amide bonds. The summed E-state index contributed by atoms with van der Waals surface area (Å²) in [6, 6.07) is 13.9. The summed E-state index contributed by atoms with van der Waals surface area (Å²) in [5.74, 6) is 1.64. The fourth-order valence-corrected chi connectivity index (χ4v) is 5.79. The number of hydrogen-bond acceptors (Lipinski definition) is 5. The molecule has 0 saturated carbocycles. The lowest BCUT2D eigenvalue weighted by Gasteiger charge is -2.38. The van der Waals surface area contributed by atoms with E-state index in [1.54, 1.807) is 11.8 Å². The van der Waals surface area contributed by atoms with E-state index < -0.39 is 0 Å². The SMILES string of the molecule is Cc1ccc(CSc2nc3n(n2)C(c2ccc(Cl)cc2)C2=C(CC(C)(C)CC2=O)N3)c(C)c1. The van der Waals surface area contributed by atoms with Gasteiger partial charge in [-0.25, -0.2) is 4.68 Å².